The molecule has 2 unspecified atom stereocenters. The van der Waals surface area contributed by atoms with E-state index in [9.17, 15) is 0 Å². The van der Waals surface area contributed by atoms with E-state index in [1.807, 2.05) is 0 Å². The first kappa shape index (κ1) is 17.7. The molecule has 2 atom stereocenters. The Morgan fingerprint density at radius 2 is 1.44 bits per heavy atom. The van der Waals surface area contributed by atoms with Crippen molar-refractivity contribution in [1.82, 2.24) is 0 Å². The predicted octanol–water partition coefficient (Wildman–Crippen LogP) is 6.76. The molecule has 0 heteroatoms. The summed E-state index contributed by atoms with van der Waals surface area (Å²) in [5.74, 6) is 1.76. The van der Waals surface area contributed by atoms with Crippen molar-refractivity contribution < 1.29 is 0 Å². The number of hydrogen-bond acceptors (Lipinski definition) is 0. The zero-order chi connectivity index (χ0) is 13.6. The van der Waals surface area contributed by atoms with Gasteiger partial charge in [0.15, 0.2) is 0 Å². The van der Waals surface area contributed by atoms with E-state index in [0.717, 1.165) is 11.8 Å². The molecule has 0 aliphatic rings. The van der Waals surface area contributed by atoms with Crippen LogP contribution in [0.3, 0.4) is 0 Å². The molecule has 0 spiro atoms. The summed E-state index contributed by atoms with van der Waals surface area (Å²) in [6.45, 7) is 9.29. The first-order valence-electron chi connectivity index (χ1n) is 8.41. The minimum absolute atomic E-state index is 0.848. The van der Waals surface area contributed by atoms with E-state index < -0.39 is 0 Å². The van der Waals surface area contributed by atoms with Crippen LogP contribution < -0.4 is 0 Å². The first-order chi connectivity index (χ1) is 8.74. The molecular formula is C18H36. The molecule has 108 valence electrons. The number of hydrogen-bond donors (Lipinski definition) is 0. The third kappa shape index (κ3) is 10.9. The van der Waals surface area contributed by atoms with Crippen molar-refractivity contribution >= 4 is 0 Å². The van der Waals surface area contributed by atoms with E-state index in [0.29, 0.717) is 0 Å². The van der Waals surface area contributed by atoms with Gasteiger partial charge in [0.2, 0.25) is 0 Å². The van der Waals surface area contributed by atoms with Crippen LogP contribution in [0.25, 0.3) is 0 Å². The lowest BCUT2D eigenvalue weighted by Gasteiger charge is -2.11. The average Bonchev–Trinajstić information content (AvgIpc) is 2.38. The molecule has 0 nitrogen and oxygen atoms in total. The lowest BCUT2D eigenvalue weighted by atomic mass is 9.95. The van der Waals surface area contributed by atoms with Crippen molar-refractivity contribution in [1.29, 1.82) is 0 Å². The second-order valence-electron chi connectivity index (χ2n) is 5.94. The van der Waals surface area contributed by atoms with Crippen molar-refractivity contribution in [3.05, 3.63) is 12.2 Å². The summed E-state index contributed by atoms with van der Waals surface area (Å²) >= 11 is 0. The van der Waals surface area contributed by atoms with Crippen LogP contribution in [0.15, 0.2) is 12.2 Å². The molecule has 0 aromatic heterocycles. The van der Waals surface area contributed by atoms with Gasteiger partial charge in [-0.25, -0.2) is 0 Å². The molecule has 0 aromatic carbocycles. The van der Waals surface area contributed by atoms with Gasteiger partial charge in [-0.1, -0.05) is 78.4 Å². The highest BCUT2D eigenvalue weighted by Gasteiger charge is 2.03. The molecule has 0 N–H and O–H groups in total. The maximum absolute atomic E-state index is 2.51. The second kappa shape index (κ2) is 13.2. The third-order valence-corrected chi connectivity index (χ3v) is 3.87. The lowest BCUT2D eigenvalue weighted by molar-refractivity contribution is 0.472. The Morgan fingerprint density at radius 1 is 0.778 bits per heavy atom. The zero-order valence-corrected chi connectivity index (χ0v) is 13.4. The van der Waals surface area contributed by atoms with Gasteiger partial charge in [0.25, 0.3) is 0 Å². The van der Waals surface area contributed by atoms with Gasteiger partial charge in [0, 0.05) is 0 Å². The molecule has 0 aliphatic heterocycles. The first-order valence-corrected chi connectivity index (χ1v) is 8.41. The van der Waals surface area contributed by atoms with Crippen LogP contribution in [0.5, 0.6) is 0 Å². The van der Waals surface area contributed by atoms with E-state index in [2.05, 4.69) is 39.8 Å². The molecule has 0 aliphatic carbocycles. The molecule has 0 saturated carbocycles. The van der Waals surface area contributed by atoms with E-state index in [4.69, 9.17) is 0 Å². The van der Waals surface area contributed by atoms with E-state index in [1.165, 1.54) is 64.2 Å². The van der Waals surface area contributed by atoms with Gasteiger partial charge in [-0.2, -0.15) is 0 Å². The Kier molecular flexibility index (Phi) is 13.0. The molecule has 0 amide bonds. The van der Waals surface area contributed by atoms with E-state index >= 15 is 0 Å². The zero-order valence-electron chi connectivity index (χ0n) is 13.4. The molecule has 0 heterocycles. The van der Waals surface area contributed by atoms with Crippen molar-refractivity contribution in [2.45, 2.75) is 91.9 Å². The number of unbranched alkanes of at least 4 members (excludes halogenated alkanes) is 2. The fourth-order valence-corrected chi connectivity index (χ4v) is 2.54. The van der Waals surface area contributed by atoms with Crippen molar-refractivity contribution in [2.24, 2.45) is 11.8 Å². The lowest BCUT2D eigenvalue weighted by Crippen LogP contribution is -1.96. The third-order valence-electron chi connectivity index (χ3n) is 3.87. The maximum atomic E-state index is 2.51. The van der Waals surface area contributed by atoms with Crippen LogP contribution in [0, 0.1) is 11.8 Å². The van der Waals surface area contributed by atoms with Gasteiger partial charge in [-0.15, -0.1) is 0 Å². The summed E-state index contributed by atoms with van der Waals surface area (Å²) in [7, 11) is 0. The van der Waals surface area contributed by atoms with Gasteiger partial charge >= 0.3 is 0 Å². The SMILES string of the molecule is CCCCC(C)CCC=CC(CCC)CCCC. The topological polar surface area (TPSA) is 0 Å². The van der Waals surface area contributed by atoms with Crippen LogP contribution in [0.4, 0.5) is 0 Å². The Hall–Kier alpha value is -0.260. The summed E-state index contributed by atoms with van der Waals surface area (Å²) in [6, 6.07) is 0. The Labute approximate surface area is 116 Å². The maximum Gasteiger partial charge on any atom is -0.0234 e. The molecule has 18 heavy (non-hydrogen) atoms. The van der Waals surface area contributed by atoms with Crippen LogP contribution >= 0.6 is 0 Å². The molecule has 0 rings (SSSR count). The smallest absolute Gasteiger partial charge is 0.0234 e. The van der Waals surface area contributed by atoms with E-state index in [1.54, 1.807) is 0 Å². The molecular weight excluding hydrogens is 216 g/mol. The molecule has 0 aromatic rings. The second-order valence-corrected chi connectivity index (χ2v) is 5.94. The molecule has 0 saturated heterocycles. The van der Waals surface area contributed by atoms with Crippen molar-refractivity contribution in [3.8, 4) is 0 Å². The normalized spacial score (nSPS) is 15.1. The van der Waals surface area contributed by atoms with Crippen LogP contribution in [-0.2, 0) is 0 Å². The highest BCUT2D eigenvalue weighted by Crippen LogP contribution is 2.18. The summed E-state index contributed by atoms with van der Waals surface area (Å²) in [4.78, 5) is 0. The quantitative estimate of drug-likeness (QED) is 0.337. The van der Waals surface area contributed by atoms with Gasteiger partial charge in [-0.3, -0.25) is 0 Å². The van der Waals surface area contributed by atoms with Crippen molar-refractivity contribution in [2.75, 3.05) is 0 Å². The largest absolute Gasteiger partial charge is 0.0882 e. The fraction of sp³-hybridized carbons (Fsp3) is 0.889. The average molecular weight is 252 g/mol. The molecule has 0 radical (unpaired) electrons. The van der Waals surface area contributed by atoms with E-state index in [-0.39, 0.29) is 0 Å². The van der Waals surface area contributed by atoms with Gasteiger partial charge < -0.3 is 0 Å². The summed E-state index contributed by atoms with van der Waals surface area (Å²) < 4.78 is 0. The van der Waals surface area contributed by atoms with Crippen LogP contribution in [0.2, 0.25) is 0 Å². The Morgan fingerprint density at radius 3 is 2.06 bits per heavy atom. The van der Waals surface area contributed by atoms with Crippen LogP contribution in [0.1, 0.15) is 91.9 Å². The van der Waals surface area contributed by atoms with Gasteiger partial charge in [-0.05, 0) is 37.5 Å². The minimum atomic E-state index is 0.848. The van der Waals surface area contributed by atoms with Gasteiger partial charge in [0.05, 0.1) is 0 Å². The van der Waals surface area contributed by atoms with Gasteiger partial charge in [0.1, 0.15) is 0 Å². The summed E-state index contributed by atoms with van der Waals surface area (Å²) in [5, 5.41) is 0. The fourth-order valence-electron chi connectivity index (χ4n) is 2.54. The summed E-state index contributed by atoms with van der Waals surface area (Å²) in [6.07, 6.45) is 18.6. The highest BCUT2D eigenvalue weighted by atomic mass is 14.1. The summed E-state index contributed by atoms with van der Waals surface area (Å²) in [5.41, 5.74) is 0. The highest BCUT2D eigenvalue weighted by molar-refractivity contribution is 4.88. The molecule has 0 bridgehead atoms. The standard InChI is InChI=1S/C18H36/c1-5-8-13-17(4)14-10-11-16-18(12-7-3)15-9-6-2/h11,16-18H,5-10,12-15H2,1-4H3. The Bertz CT molecular complexity index is 180. The van der Waals surface area contributed by atoms with Crippen molar-refractivity contribution in [3.63, 3.8) is 0 Å². The molecule has 0 fully saturated rings. The number of allylic oxidation sites excluding steroid dienone is 2. The number of rotatable bonds is 12. The predicted molar refractivity (Wildman–Crippen MR) is 85.0 cm³/mol. The minimum Gasteiger partial charge on any atom is -0.0882 e. The monoisotopic (exact) mass is 252 g/mol. The van der Waals surface area contributed by atoms with Crippen LogP contribution in [-0.4, -0.2) is 0 Å². The Balaban J connectivity index is 3.73.